The van der Waals surface area contributed by atoms with E-state index in [1.54, 1.807) is 0 Å². The minimum Gasteiger partial charge on any atom is -0.356 e. The van der Waals surface area contributed by atoms with E-state index in [0.29, 0.717) is 5.66 Å². The van der Waals surface area contributed by atoms with Crippen molar-refractivity contribution in [3.8, 4) is 0 Å². The summed E-state index contributed by atoms with van der Waals surface area (Å²) in [5.41, 5.74) is 1.81. The molecule has 3 rings (SSSR count). The molecule has 2 nitrogen and oxygen atoms in total. The molecule has 3 aliphatic heterocycles. The molecule has 0 aromatic rings. The first-order chi connectivity index (χ1) is 6.83. The summed E-state index contributed by atoms with van der Waals surface area (Å²) in [6.45, 7) is 7.94. The first-order valence-electron chi connectivity index (χ1n) is 6.03. The summed E-state index contributed by atoms with van der Waals surface area (Å²) in [4.78, 5) is 5.31. The van der Waals surface area contributed by atoms with Gasteiger partial charge in [-0.3, -0.25) is 4.90 Å². The highest BCUT2D eigenvalue weighted by atomic mass is 15.5. The van der Waals surface area contributed by atoms with Gasteiger partial charge in [-0.2, -0.15) is 0 Å². The zero-order chi connectivity index (χ0) is 9.60. The molecule has 0 aliphatic carbocycles. The number of hydrogen-bond donors (Lipinski definition) is 0. The second kappa shape index (κ2) is 2.99. The molecule has 3 fully saturated rings. The molecule has 0 aromatic carbocycles. The summed E-state index contributed by atoms with van der Waals surface area (Å²) >= 11 is 0. The van der Waals surface area contributed by atoms with E-state index >= 15 is 0 Å². The SMILES string of the molecule is C=C1CN2CCCCC23CCCCN13. The molecular weight excluding hydrogens is 172 g/mol. The number of rotatable bonds is 0. The van der Waals surface area contributed by atoms with Crippen LogP contribution in [0, 0.1) is 0 Å². The Kier molecular flexibility index (Phi) is 1.88. The first kappa shape index (κ1) is 8.78. The van der Waals surface area contributed by atoms with Crippen LogP contribution in [0.2, 0.25) is 0 Å². The molecule has 1 atom stereocenters. The van der Waals surface area contributed by atoms with E-state index in [2.05, 4.69) is 16.4 Å². The van der Waals surface area contributed by atoms with Crippen LogP contribution in [-0.4, -0.2) is 35.1 Å². The third-order valence-corrected chi connectivity index (χ3v) is 4.31. The Morgan fingerprint density at radius 2 is 1.71 bits per heavy atom. The fraction of sp³-hybridized carbons (Fsp3) is 0.833. The van der Waals surface area contributed by atoms with Crippen molar-refractivity contribution in [2.45, 2.75) is 44.2 Å². The summed E-state index contributed by atoms with van der Waals surface area (Å²) in [6.07, 6.45) is 8.36. The normalized spacial score (nSPS) is 38.3. The highest BCUT2D eigenvalue weighted by molar-refractivity contribution is 5.15. The van der Waals surface area contributed by atoms with Gasteiger partial charge in [0.15, 0.2) is 0 Å². The van der Waals surface area contributed by atoms with Gasteiger partial charge in [-0.05, 0) is 38.5 Å². The number of piperidine rings is 2. The van der Waals surface area contributed by atoms with Crippen LogP contribution in [0.25, 0.3) is 0 Å². The van der Waals surface area contributed by atoms with Gasteiger partial charge < -0.3 is 4.90 Å². The molecule has 0 N–H and O–H groups in total. The molecule has 3 heterocycles. The van der Waals surface area contributed by atoms with E-state index in [0.717, 1.165) is 6.54 Å². The Morgan fingerprint density at radius 3 is 2.50 bits per heavy atom. The average Bonchev–Trinajstić information content (AvgIpc) is 2.51. The van der Waals surface area contributed by atoms with Gasteiger partial charge in [0.2, 0.25) is 0 Å². The van der Waals surface area contributed by atoms with Gasteiger partial charge in [0.25, 0.3) is 0 Å². The van der Waals surface area contributed by atoms with Crippen molar-refractivity contribution in [1.82, 2.24) is 9.80 Å². The van der Waals surface area contributed by atoms with E-state index < -0.39 is 0 Å². The van der Waals surface area contributed by atoms with Crippen LogP contribution >= 0.6 is 0 Å². The Bertz CT molecular complexity index is 255. The van der Waals surface area contributed by atoms with Crippen LogP contribution in [0.4, 0.5) is 0 Å². The topological polar surface area (TPSA) is 6.48 Å². The maximum atomic E-state index is 4.24. The molecular formula is C12H20N2. The van der Waals surface area contributed by atoms with Crippen molar-refractivity contribution in [3.05, 3.63) is 12.3 Å². The molecule has 3 saturated heterocycles. The molecule has 0 bridgehead atoms. The lowest BCUT2D eigenvalue weighted by molar-refractivity contribution is -0.0376. The minimum absolute atomic E-state index is 0.424. The quantitative estimate of drug-likeness (QED) is 0.580. The van der Waals surface area contributed by atoms with Crippen LogP contribution in [0.15, 0.2) is 12.3 Å². The molecule has 14 heavy (non-hydrogen) atoms. The van der Waals surface area contributed by atoms with E-state index in [-0.39, 0.29) is 0 Å². The molecule has 1 unspecified atom stereocenters. The van der Waals surface area contributed by atoms with Crippen molar-refractivity contribution in [2.24, 2.45) is 0 Å². The lowest BCUT2D eigenvalue weighted by atomic mass is 9.87. The highest BCUT2D eigenvalue weighted by Gasteiger charge is 2.49. The Labute approximate surface area is 86.6 Å². The smallest absolute Gasteiger partial charge is 0.0934 e. The van der Waals surface area contributed by atoms with Gasteiger partial charge in [-0.1, -0.05) is 6.58 Å². The summed E-state index contributed by atoms with van der Waals surface area (Å²) in [5, 5.41) is 0. The minimum atomic E-state index is 0.424. The van der Waals surface area contributed by atoms with Crippen molar-refractivity contribution in [1.29, 1.82) is 0 Å². The van der Waals surface area contributed by atoms with Gasteiger partial charge in [0, 0.05) is 25.3 Å². The van der Waals surface area contributed by atoms with Gasteiger partial charge in [-0.15, -0.1) is 0 Å². The van der Waals surface area contributed by atoms with E-state index in [9.17, 15) is 0 Å². The van der Waals surface area contributed by atoms with Crippen molar-refractivity contribution >= 4 is 0 Å². The number of hydrogen-bond acceptors (Lipinski definition) is 2. The highest BCUT2D eigenvalue weighted by Crippen LogP contribution is 2.45. The molecule has 0 saturated carbocycles. The van der Waals surface area contributed by atoms with E-state index in [1.165, 1.54) is 57.3 Å². The Balaban J connectivity index is 1.95. The zero-order valence-corrected chi connectivity index (χ0v) is 8.97. The van der Waals surface area contributed by atoms with Gasteiger partial charge >= 0.3 is 0 Å². The second-order valence-corrected chi connectivity index (χ2v) is 5.04. The summed E-state index contributed by atoms with van der Waals surface area (Å²) in [6, 6.07) is 0. The second-order valence-electron chi connectivity index (χ2n) is 5.04. The van der Waals surface area contributed by atoms with Crippen molar-refractivity contribution in [3.63, 3.8) is 0 Å². The third kappa shape index (κ3) is 1.01. The fourth-order valence-electron chi connectivity index (χ4n) is 3.67. The predicted molar refractivity (Wildman–Crippen MR) is 57.9 cm³/mol. The largest absolute Gasteiger partial charge is 0.356 e. The van der Waals surface area contributed by atoms with Gasteiger partial charge in [0.1, 0.15) is 0 Å². The zero-order valence-electron chi connectivity index (χ0n) is 8.97. The van der Waals surface area contributed by atoms with Crippen LogP contribution in [-0.2, 0) is 0 Å². The molecule has 0 aromatic heterocycles. The fourth-order valence-corrected chi connectivity index (χ4v) is 3.67. The monoisotopic (exact) mass is 192 g/mol. The van der Waals surface area contributed by atoms with Crippen LogP contribution in [0.1, 0.15) is 38.5 Å². The third-order valence-electron chi connectivity index (χ3n) is 4.31. The van der Waals surface area contributed by atoms with Crippen LogP contribution in [0.3, 0.4) is 0 Å². The maximum absolute atomic E-state index is 4.24. The molecule has 78 valence electrons. The summed E-state index contributed by atoms with van der Waals surface area (Å²) < 4.78 is 0. The molecule has 1 spiro atoms. The lowest BCUT2D eigenvalue weighted by Gasteiger charge is -2.50. The van der Waals surface area contributed by atoms with E-state index in [4.69, 9.17) is 0 Å². The molecule has 3 aliphatic rings. The maximum Gasteiger partial charge on any atom is 0.0934 e. The van der Waals surface area contributed by atoms with Crippen molar-refractivity contribution < 1.29 is 0 Å². The van der Waals surface area contributed by atoms with Gasteiger partial charge in [-0.25, -0.2) is 0 Å². The molecule has 0 radical (unpaired) electrons. The predicted octanol–water partition coefficient (Wildman–Crippen LogP) is 2.18. The summed E-state index contributed by atoms with van der Waals surface area (Å²) in [7, 11) is 0. The van der Waals surface area contributed by atoms with Gasteiger partial charge in [0.05, 0.1) is 5.66 Å². The lowest BCUT2D eigenvalue weighted by Crippen LogP contribution is -2.57. The van der Waals surface area contributed by atoms with Crippen molar-refractivity contribution in [2.75, 3.05) is 19.6 Å². The van der Waals surface area contributed by atoms with Crippen LogP contribution < -0.4 is 0 Å². The number of nitrogens with zero attached hydrogens (tertiary/aromatic N) is 2. The first-order valence-corrected chi connectivity index (χ1v) is 6.03. The Morgan fingerprint density at radius 1 is 1.00 bits per heavy atom. The van der Waals surface area contributed by atoms with E-state index in [1.807, 2.05) is 0 Å². The Hall–Kier alpha value is -0.500. The molecule has 2 heteroatoms. The van der Waals surface area contributed by atoms with Crippen LogP contribution in [0.5, 0.6) is 0 Å². The standard InChI is InChI=1S/C12H20N2/c1-11-10-13-8-4-2-6-12(13)7-3-5-9-14(11)12/h1-10H2. The summed E-state index contributed by atoms with van der Waals surface area (Å²) in [5.74, 6) is 0. The average molecular weight is 192 g/mol. The molecule has 0 amide bonds.